The first-order chi connectivity index (χ1) is 12.7. The third kappa shape index (κ3) is 5.41. The van der Waals surface area contributed by atoms with Gasteiger partial charge in [-0.3, -0.25) is 4.79 Å². The Kier molecular flexibility index (Phi) is 6.81. The van der Waals surface area contributed by atoms with Crippen LogP contribution in [0.25, 0.3) is 0 Å². The third-order valence-electron chi connectivity index (χ3n) is 4.76. The number of hydrogen-bond acceptors (Lipinski definition) is 4. The Hall–Kier alpha value is -2.17. The lowest BCUT2D eigenvalue weighted by atomic mass is 9.89. The molecule has 4 nitrogen and oxygen atoms in total. The summed E-state index contributed by atoms with van der Waals surface area (Å²) in [5.74, 6) is 0.898. The topological polar surface area (TPSA) is 58.6 Å². The smallest absolute Gasteiger partial charge is 0.164 e. The van der Waals surface area contributed by atoms with E-state index in [1.807, 2.05) is 36.4 Å². The molecule has 1 aliphatic carbocycles. The van der Waals surface area contributed by atoms with Crippen molar-refractivity contribution in [1.29, 1.82) is 0 Å². The van der Waals surface area contributed by atoms with E-state index in [0.717, 1.165) is 24.2 Å². The van der Waals surface area contributed by atoms with E-state index in [0.29, 0.717) is 19.5 Å². The number of aryl methyl sites for hydroxylation is 2. The fourth-order valence-corrected chi connectivity index (χ4v) is 3.29. The predicted molar refractivity (Wildman–Crippen MR) is 103 cm³/mol. The van der Waals surface area contributed by atoms with Crippen molar-refractivity contribution in [1.82, 2.24) is 5.32 Å². The minimum Gasteiger partial charge on any atom is -0.491 e. The van der Waals surface area contributed by atoms with Crippen molar-refractivity contribution >= 4 is 5.78 Å². The van der Waals surface area contributed by atoms with E-state index in [-0.39, 0.29) is 12.4 Å². The monoisotopic (exact) mass is 353 g/mol. The number of carbonyl (C=O) groups is 1. The zero-order chi connectivity index (χ0) is 18.2. The van der Waals surface area contributed by atoms with Crippen molar-refractivity contribution in [3.8, 4) is 5.75 Å². The maximum Gasteiger partial charge on any atom is 0.164 e. The molecular formula is C22H27NO3. The molecule has 0 aromatic heterocycles. The fraction of sp³-hybridized carbons (Fsp3) is 0.409. The molecule has 0 spiro atoms. The number of rotatable bonds is 9. The summed E-state index contributed by atoms with van der Waals surface area (Å²) in [7, 11) is 0. The number of aliphatic hydroxyl groups is 1. The Morgan fingerprint density at radius 1 is 1.08 bits per heavy atom. The largest absolute Gasteiger partial charge is 0.491 e. The second-order valence-corrected chi connectivity index (χ2v) is 6.85. The molecule has 0 fully saturated rings. The van der Waals surface area contributed by atoms with Gasteiger partial charge in [-0.2, -0.15) is 0 Å². The first kappa shape index (κ1) is 18.6. The van der Waals surface area contributed by atoms with Gasteiger partial charge < -0.3 is 15.2 Å². The van der Waals surface area contributed by atoms with E-state index in [1.54, 1.807) is 0 Å². The molecule has 2 N–H and O–H groups in total. The zero-order valence-electron chi connectivity index (χ0n) is 15.1. The highest BCUT2D eigenvalue weighted by atomic mass is 16.5. The summed E-state index contributed by atoms with van der Waals surface area (Å²) in [6, 6.07) is 15.6. The summed E-state index contributed by atoms with van der Waals surface area (Å²) in [5.41, 5.74) is 3.54. The predicted octanol–water partition coefficient (Wildman–Crippen LogP) is 3.17. The number of fused-ring (bicyclic) bond motifs is 1. The lowest BCUT2D eigenvalue weighted by molar-refractivity contribution is 0.0963. The number of Topliss-reactive ketones (excluding diaryl/α,β-unsaturated/α-hetero) is 1. The number of nitrogens with one attached hydrogen (secondary N) is 1. The van der Waals surface area contributed by atoms with Gasteiger partial charge in [0.15, 0.2) is 5.78 Å². The summed E-state index contributed by atoms with van der Waals surface area (Å²) in [4.78, 5) is 12.4. The molecule has 0 bridgehead atoms. The molecule has 2 aromatic carbocycles. The molecule has 3 rings (SSSR count). The van der Waals surface area contributed by atoms with Gasteiger partial charge in [-0.05, 0) is 55.0 Å². The molecule has 0 saturated carbocycles. The summed E-state index contributed by atoms with van der Waals surface area (Å²) >= 11 is 0. The van der Waals surface area contributed by atoms with Crippen LogP contribution in [0.15, 0.2) is 48.5 Å². The maximum absolute atomic E-state index is 12.4. The SMILES string of the molecule is O=C(CCNCC(O)COc1ccccc1)c1ccc2c(c1)CCCC2. The highest BCUT2D eigenvalue weighted by Crippen LogP contribution is 2.22. The second-order valence-electron chi connectivity index (χ2n) is 6.85. The summed E-state index contributed by atoms with van der Waals surface area (Å²) in [5, 5.41) is 13.1. The van der Waals surface area contributed by atoms with Crippen LogP contribution in [0.4, 0.5) is 0 Å². The highest BCUT2D eigenvalue weighted by molar-refractivity contribution is 5.96. The van der Waals surface area contributed by atoms with Gasteiger partial charge in [0, 0.05) is 25.1 Å². The molecule has 1 atom stereocenters. The number of carbonyl (C=O) groups excluding carboxylic acids is 1. The number of hydrogen-bond donors (Lipinski definition) is 2. The molecule has 26 heavy (non-hydrogen) atoms. The van der Waals surface area contributed by atoms with E-state index in [1.165, 1.54) is 24.0 Å². The molecule has 0 heterocycles. The van der Waals surface area contributed by atoms with Crippen molar-refractivity contribution in [2.75, 3.05) is 19.7 Å². The molecule has 1 unspecified atom stereocenters. The minimum atomic E-state index is -0.603. The summed E-state index contributed by atoms with van der Waals surface area (Å²) in [6.07, 6.45) is 4.52. The Morgan fingerprint density at radius 3 is 2.65 bits per heavy atom. The summed E-state index contributed by atoms with van der Waals surface area (Å²) < 4.78 is 5.51. The highest BCUT2D eigenvalue weighted by Gasteiger charge is 2.13. The molecule has 4 heteroatoms. The van der Waals surface area contributed by atoms with Crippen LogP contribution in [-0.4, -0.2) is 36.7 Å². The van der Waals surface area contributed by atoms with Gasteiger partial charge in [0.2, 0.25) is 0 Å². The van der Waals surface area contributed by atoms with Crippen molar-refractivity contribution < 1.29 is 14.6 Å². The molecule has 0 amide bonds. The number of aliphatic hydroxyl groups excluding tert-OH is 1. The van der Waals surface area contributed by atoms with Crippen LogP contribution >= 0.6 is 0 Å². The van der Waals surface area contributed by atoms with E-state index in [9.17, 15) is 9.90 Å². The fourth-order valence-electron chi connectivity index (χ4n) is 3.29. The van der Waals surface area contributed by atoms with Crippen molar-refractivity contribution in [3.63, 3.8) is 0 Å². The van der Waals surface area contributed by atoms with Crippen LogP contribution in [0.3, 0.4) is 0 Å². The van der Waals surface area contributed by atoms with E-state index >= 15 is 0 Å². The molecule has 0 saturated heterocycles. The van der Waals surface area contributed by atoms with Gasteiger partial charge in [0.1, 0.15) is 18.5 Å². The van der Waals surface area contributed by atoms with Crippen LogP contribution in [0.5, 0.6) is 5.75 Å². The van der Waals surface area contributed by atoms with Gasteiger partial charge >= 0.3 is 0 Å². The van der Waals surface area contributed by atoms with Crippen molar-refractivity contribution in [2.24, 2.45) is 0 Å². The summed E-state index contributed by atoms with van der Waals surface area (Å²) in [6.45, 7) is 1.19. The zero-order valence-corrected chi connectivity index (χ0v) is 15.1. The van der Waals surface area contributed by atoms with Gasteiger partial charge in [-0.25, -0.2) is 0 Å². The molecule has 1 aliphatic rings. The van der Waals surface area contributed by atoms with Crippen LogP contribution in [-0.2, 0) is 12.8 Å². The maximum atomic E-state index is 12.4. The van der Waals surface area contributed by atoms with Gasteiger partial charge in [-0.1, -0.05) is 30.3 Å². The molecule has 2 aromatic rings. The average Bonchev–Trinajstić information content (AvgIpc) is 2.70. The number of para-hydroxylation sites is 1. The molecular weight excluding hydrogens is 326 g/mol. The molecule has 138 valence electrons. The van der Waals surface area contributed by atoms with Crippen LogP contribution in [0, 0.1) is 0 Å². The Morgan fingerprint density at radius 2 is 1.85 bits per heavy atom. The first-order valence-corrected chi connectivity index (χ1v) is 9.44. The van der Waals surface area contributed by atoms with E-state index in [4.69, 9.17) is 4.74 Å². The van der Waals surface area contributed by atoms with Crippen molar-refractivity contribution in [2.45, 2.75) is 38.2 Å². The second kappa shape index (κ2) is 9.51. The van der Waals surface area contributed by atoms with Gasteiger partial charge in [-0.15, -0.1) is 0 Å². The minimum absolute atomic E-state index is 0.154. The molecule has 0 aliphatic heterocycles. The molecule has 0 radical (unpaired) electrons. The van der Waals surface area contributed by atoms with Crippen molar-refractivity contribution in [3.05, 3.63) is 65.2 Å². The number of benzene rings is 2. The van der Waals surface area contributed by atoms with E-state index < -0.39 is 6.10 Å². The van der Waals surface area contributed by atoms with Crippen LogP contribution in [0.2, 0.25) is 0 Å². The van der Waals surface area contributed by atoms with Crippen LogP contribution < -0.4 is 10.1 Å². The quantitative estimate of drug-likeness (QED) is 0.537. The third-order valence-corrected chi connectivity index (χ3v) is 4.76. The standard InChI is InChI=1S/C22H27NO3/c24-20(16-26-21-8-2-1-3-9-21)15-23-13-12-22(25)19-11-10-17-6-4-5-7-18(17)14-19/h1-3,8-11,14,20,23-24H,4-7,12-13,15-16H2. The number of ketones is 1. The normalized spacial score (nSPS) is 14.5. The van der Waals surface area contributed by atoms with Gasteiger partial charge in [0.05, 0.1) is 0 Å². The lowest BCUT2D eigenvalue weighted by Crippen LogP contribution is -2.32. The Bertz CT molecular complexity index is 715. The van der Waals surface area contributed by atoms with Gasteiger partial charge in [0.25, 0.3) is 0 Å². The number of ether oxygens (including phenoxy) is 1. The average molecular weight is 353 g/mol. The Balaban J connectivity index is 1.36. The Labute approximate surface area is 155 Å². The lowest BCUT2D eigenvalue weighted by Gasteiger charge is -2.16. The van der Waals surface area contributed by atoms with E-state index in [2.05, 4.69) is 17.4 Å². The van der Waals surface area contributed by atoms with Crippen LogP contribution in [0.1, 0.15) is 40.7 Å². The first-order valence-electron chi connectivity index (χ1n) is 9.44.